The van der Waals surface area contributed by atoms with E-state index in [2.05, 4.69) is 5.32 Å². The number of hydrogen-bond donors (Lipinski definition) is 1. The zero-order valence-electron chi connectivity index (χ0n) is 15.5. The number of benzene rings is 2. The van der Waals surface area contributed by atoms with Crippen LogP contribution in [0.3, 0.4) is 0 Å². The van der Waals surface area contributed by atoms with Gasteiger partial charge in [0.2, 0.25) is 0 Å². The van der Waals surface area contributed by atoms with E-state index in [0.29, 0.717) is 17.1 Å². The quantitative estimate of drug-likeness (QED) is 0.641. The van der Waals surface area contributed by atoms with Crippen molar-refractivity contribution in [3.8, 4) is 0 Å². The number of hydrogen-bond acceptors (Lipinski definition) is 6. The van der Waals surface area contributed by atoms with Gasteiger partial charge in [0.1, 0.15) is 0 Å². The Morgan fingerprint density at radius 2 is 1.86 bits per heavy atom. The molecule has 2 aromatic rings. The number of nitrogens with one attached hydrogen (secondary N) is 1. The van der Waals surface area contributed by atoms with Crippen molar-refractivity contribution in [1.29, 1.82) is 0 Å². The SMILES string of the molecule is O=C(COC(=O)CC1CCS(=O)(=O)C1)Nc1ccccc1Sc1ccc(Cl)cc1. The van der Waals surface area contributed by atoms with E-state index in [-0.39, 0.29) is 23.8 Å². The van der Waals surface area contributed by atoms with E-state index in [9.17, 15) is 18.0 Å². The second-order valence-electron chi connectivity index (χ2n) is 6.73. The summed E-state index contributed by atoms with van der Waals surface area (Å²) in [5.74, 6) is -1.14. The lowest BCUT2D eigenvalue weighted by atomic mass is 10.1. The molecule has 0 radical (unpaired) electrons. The van der Waals surface area contributed by atoms with Gasteiger partial charge in [-0.15, -0.1) is 0 Å². The van der Waals surface area contributed by atoms with Crippen LogP contribution in [0.25, 0.3) is 0 Å². The molecule has 0 spiro atoms. The molecule has 0 bridgehead atoms. The summed E-state index contributed by atoms with van der Waals surface area (Å²) >= 11 is 7.38. The Morgan fingerprint density at radius 1 is 1.14 bits per heavy atom. The summed E-state index contributed by atoms with van der Waals surface area (Å²) in [6.45, 7) is -0.418. The summed E-state index contributed by atoms with van der Waals surface area (Å²) in [5, 5.41) is 3.39. The van der Waals surface area contributed by atoms with Crippen LogP contribution in [0.5, 0.6) is 0 Å². The number of sulfone groups is 1. The van der Waals surface area contributed by atoms with Crippen molar-refractivity contribution in [2.45, 2.75) is 22.6 Å². The standard InChI is InChI=1S/C20H20ClNO5S2/c21-15-5-7-16(8-6-15)28-18-4-2-1-3-17(18)22-19(23)12-27-20(24)11-14-9-10-29(25,26)13-14/h1-8,14H,9-13H2,(H,22,23). The molecule has 1 atom stereocenters. The van der Waals surface area contributed by atoms with Crippen LogP contribution in [0.15, 0.2) is 58.3 Å². The highest BCUT2D eigenvalue weighted by atomic mass is 35.5. The zero-order valence-corrected chi connectivity index (χ0v) is 17.9. The van der Waals surface area contributed by atoms with E-state index >= 15 is 0 Å². The van der Waals surface area contributed by atoms with Crippen LogP contribution < -0.4 is 5.32 Å². The lowest BCUT2D eigenvalue weighted by molar-refractivity contribution is -0.148. The minimum absolute atomic E-state index is 0.00356. The Kier molecular flexibility index (Phi) is 7.21. The molecule has 0 aromatic heterocycles. The summed E-state index contributed by atoms with van der Waals surface area (Å²) in [4.78, 5) is 25.9. The summed E-state index contributed by atoms with van der Waals surface area (Å²) < 4.78 is 27.9. The Bertz CT molecular complexity index is 992. The van der Waals surface area contributed by atoms with E-state index in [1.54, 1.807) is 24.3 Å². The van der Waals surface area contributed by atoms with Crippen molar-refractivity contribution < 1.29 is 22.7 Å². The van der Waals surface area contributed by atoms with Crippen molar-refractivity contribution in [3.63, 3.8) is 0 Å². The maximum atomic E-state index is 12.2. The van der Waals surface area contributed by atoms with Crippen LogP contribution in [-0.4, -0.2) is 38.4 Å². The van der Waals surface area contributed by atoms with E-state index in [1.807, 2.05) is 24.3 Å². The maximum Gasteiger partial charge on any atom is 0.306 e. The zero-order chi connectivity index (χ0) is 20.9. The summed E-state index contributed by atoms with van der Waals surface area (Å²) in [5.41, 5.74) is 0.607. The van der Waals surface area contributed by atoms with Gasteiger partial charge in [0, 0.05) is 21.2 Å². The molecule has 1 fully saturated rings. The van der Waals surface area contributed by atoms with Gasteiger partial charge in [0.15, 0.2) is 16.4 Å². The third kappa shape index (κ3) is 6.76. The average Bonchev–Trinajstić information content (AvgIpc) is 3.02. The second kappa shape index (κ2) is 9.65. The number of ether oxygens (including phenoxy) is 1. The molecule has 0 aliphatic carbocycles. The van der Waals surface area contributed by atoms with Gasteiger partial charge in [-0.1, -0.05) is 35.5 Å². The molecule has 9 heteroatoms. The number of esters is 1. The molecule has 1 aliphatic rings. The Balaban J connectivity index is 1.51. The molecule has 29 heavy (non-hydrogen) atoms. The minimum Gasteiger partial charge on any atom is -0.456 e. The molecular weight excluding hydrogens is 434 g/mol. The largest absolute Gasteiger partial charge is 0.456 e. The van der Waals surface area contributed by atoms with Gasteiger partial charge < -0.3 is 10.1 Å². The van der Waals surface area contributed by atoms with E-state index in [4.69, 9.17) is 16.3 Å². The summed E-state index contributed by atoms with van der Waals surface area (Å²) in [6, 6.07) is 14.7. The van der Waals surface area contributed by atoms with E-state index < -0.39 is 28.3 Å². The molecule has 1 unspecified atom stereocenters. The average molecular weight is 454 g/mol. The molecule has 0 saturated carbocycles. The van der Waals surface area contributed by atoms with Gasteiger partial charge in [0.05, 0.1) is 17.2 Å². The molecule has 1 N–H and O–H groups in total. The van der Waals surface area contributed by atoms with Crippen molar-refractivity contribution in [3.05, 3.63) is 53.6 Å². The number of amides is 1. The van der Waals surface area contributed by atoms with Gasteiger partial charge in [-0.25, -0.2) is 8.42 Å². The van der Waals surface area contributed by atoms with Gasteiger partial charge in [-0.3, -0.25) is 9.59 Å². The normalized spacial score (nSPS) is 17.6. The van der Waals surface area contributed by atoms with Crippen molar-refractivity contribution >= 4 is 50.8 Å². The molecule has 1 aliphatic heterocycles. The van der Waals surface area contributed by atoms with Crippen LogP contribution >= 0.6 is 23.4 Å². The number of carbonyl (C=O) groups excluding carboxylic acids is 2. The Labute approximate surface area is 178 Å². The topological polar surface area (TPSA) is 89.5 Å². The Morgan fingerprint density at radius 3 is 2.55 bits per heavy atom. The van der Waals surface area contributed by atoms with E-state index in [1.165, 1.54) is 11.8 Å². The monoisotopic (exact) mass is 453 g/mol. The van der Waals surface area contributed by atoms with Crippen LogP contribution in [-0.2, 0) is 24.2 Å². The third-order valence-corrected chi connectivity index (χ3v) is 7.52. The first kappa shape index (κ1) is 21.7. The molecular formula is C20H20ClNO5S2. The molecule has 1 saturated heterocycles. The molecule has 154 valence electrons. The number of para-hydroxylation sites is 1. The maximum absolute atomic E-state index is 12.2. The number of carbonyl (C=O) groups is 2. The molecule has 6 nitrogen and oxygen atoms in total. The number of halogens is 1. The lowest BCUT2D eigenvalue weighted by Crippen LogP contribution is -2.22. The van der Waals surface area contributed by atoms with Gasteiger partial charge in [-0.05, 0) is 48.7 Å². The predicted octanol–water partition coefficient (Wildman–Crippen LogP) is 3.80. The smallest absolute Gasteiger partial charge is 0.306 e. The number of anilines is 1. The fraction of sp³-hybridized carbons (Fsp3) is 0.300. The summed E-state index contributed by atoms with van der Waals surface area (Å²) in [7, 11) is -3.04. The Hall–Kier alpha value is -2.03. The van der Waals surface area contributed by atoms with Crippen LogP contribution in [0.1, 0.15) is 12.8 Å². The van der Waals surface area contributed by atoms with Crippen molar-refractivity contribution in [1.82, 2.24) is 0 Å². The molecule has 2 aromatic carbocycles. The van der Waals surface area contributed by atoms with Crippen LogP contribution in [0.4, 0.5) is 5.69 Å². The first-order chi connectivity index (χ1) is 13.8. The van der Waals surface area contributed by atoms with Gasteiger partial charge in [0.25, 0.3) is 5.91 Å². The highest BCUT2D eigenvalue weighted by Gasteiger charge is 2.30. The summed E-state index contributed by atoms with van der Waals surface area (Å²) in [6.07, 6.45) is 0.467. The van der Waals surface area contributed by atoms with Crippen LogP contribution in [0.2, 0.25) is 5.02 Å². The highest BCUT2D eigenvalue weighted by Crippen LogP contribution is 2.33. The fourth-order valence-electron chi connectivity index (χ4n) is 2.95. The van der Waals surface area contributed by atoms with Gasteiger partial charge >= 0.3 is 5.97 Å². The van der Waals surface area contributed by atoms with E-state index in [0.717, 1.165) is 9.79 Å². The number of rotatable bonds is 7. The first-order valence-corrected chi connectivity index (χ1v) is 12.0. The molecule has 1 amide bonds. The minimum atomic E-state index is -3.04. The second-order valence-corrected chi connectivity index (χ2v) is 10.5. The lowest BCUT2D eigenvalue weighted by Gasteiger charge is -2.12. The third-order valence-electron chi connectivity index (χ3n) is 4.35. The highest BCUT2D eigenvalue weighted by molar-refractivity contribution is 7.99. The molecule has 3 rings (SSSR count). The van der Waals surface area contributed by atoms with Crippen molar-refractivity contribution in [2.24, 2.45) is 5.92 Å². The van der Waals surface area contributed by atoms with Crippen molar-refractivity contribution in [2.75, 3.05) is 23.4 Å². The van der Waals surface area contributed by atoms with Gasteiger partial charge in [-0.2, -0.15) is 0 Å². The fourth-order valence-corrected chi connectivity index (χ4v) is 5.84. The first-order valence-electron chi connectivity index (χ1n) is 8.99. The molecule has 1 heterocycles. The predicted molar refractivity (Wildman–Crippen MR) is 113 cm³/mol. The van der Waals surface area contributed by atoms with Crippen LogP contribution in [0, 0.1) is 5.92 Å².